The highest BCUT2D eigenvalue weighted by Gasteiger charge is 2.30. The number of amidine groups is 1. The number of aliphatic imine (C=N–C) groups is 3. The standard InChI is InChI=1S/C22H35ClF2N6O/c1-5-6-9-31(15(2)21(32)29-14-22(3,24)25)19-7-8-28-20(30-19)18-13-27-11-16(18)10-17(23)12-26-4/h13,15-17,28H,4-12,14H2,1-3H3,(H,29,32)/t15-,16?,17?/m0/s1. The fraction of sp³-hybridized carbons (Fsp3) is 0.727. The van der Waals surface area contributed by atoms with Crippen molar-refractivity contribution in [3.63, 3.8) is 0 Å². The van der Waals surface area contributed by atoms with Gasteiger partial charge in [-0.05, 0) is 26.5 Å². The molecule has 32 heavy (non-hydrogen) atoms. The first-order valence-corrected chi connectivity index (χ1v) is 11.6. The summed E-state index contributed by atoms with van der Waals surface area (Å²) in [4.78, 5) is 27.7. The van der Waals surface area contributed by atoms with Gasteiger partial charge in [-0.25, -0.2) is 13.8 Å². The fourth-order valence-electron chi connectivity index (χ4n) is 3.76. The SMILES string of the molecule is C=NCC(Cl)CC1CN=CC1=C1N=C(N(CCCC)[C@@H](C)C(=O)NCC(C)(F)F)CCN1. The minimum atomic E-state index is -2.95. The van der Waals surface area contributed by atoms with Crippen molar-refractivity contribution < 1.29 is 13.6 Å². The Labute approximate surface area is 194 Å². The monoisotopic (exact) mass is 472 g/mol. The van der Waals surface area contributed by atoms with Crippen LogP contribution in [0, 0.1) is 5.92 Å². The number of hydrogen-bond donors (Lipinski definition) is 2. The van der Waals surface area contributed by atoms with E-state index in [1.54, 1.807) is 6.92 Å². The minimum Gasteiger partial charge on any atom is -0.369 e. The van der Waals surface area contributed by atoms with Gasteiger partial charge in [-0.3, -0.25) is 14.8 Å². The molecule has 2 heterocycles. The molecule has 180 valence electrons. The van der Waals surface area contributed by atoms with Crippen LogP contribution in [0.15, 0.2) is 26.4 Å². The van der Waals surface area contributed by atoms with E-state index in [1.165, 1.54) is 0 Å². The zero-order valence-electron chi connectivity index (χ0n) is 19.2. The lowest BCUT2D eigenvalue weighted by atomic mass is 9.96. The molecule has 2 aliphatic rings. The third-order valence-electron chi connectivity index (χ3n) is 5.52. The van der Waals surface area contributed by atoms with E-state index in [9.17, 15) is 13.6 Å². The summed E-state index contributed by atoms with van der Waals surface area (Å²) in [6.45, 7) is 9.84. The maximum atomic E-state index is 13.2. The Morgan fingerprint density at radius 1 is 1.53 bits per heavy atom. The van der Waals surface area contributed by atoms with E-state index in [4.69, 9.17) is 16.6 Å². The predicted molar refractivity (Wildman–Crippen MR) is 127 cm³/mol. The lowest BCUT2D eigenvalue weighted by molar-refractivity contribution is -0.126. The number of nitrogens with zero attached hydrogens (tertiary/aromatic N) is 4. The molecular weight excluding hydrogens is 438 g/mol. The van der Waals surface area contributed by atoms with Crippen LogP contribution < -0.4 is 10.6 Å². The van der Waals surface area contributed by atoms with Crippen molar-refractivity contribution in [2.24, 2.45) is 20.9 Å². The van der Waals surface area contributed by atoms with Gasteiger partial charge in [0.15, 0.2) is 0 Å². The molecule has 1 amide bonds. The third-order valence-corrected chi connectivity index (χ3v) is 5.84. The summed E-state index contributed by atoms with van der Waals surface area (Å²) in [5.41, 5.74) is 0.995. The third kappa shape index (κ3) is 7.83. The molecule has 0 bridgehead atoms. The van der Waals surface area contributed by atoms with Gasteiger partial charge in [0.25, 0.3) is 5.92 Å². The Kier molecular flexibility index (Phi) is 10.1. The lowest BCUT2D eigenvalue weighted by Crippen LogP contribution is -2.51. The number of rotatable bonds is 11. The molecule has 0 saturated carbocycles. The summed E-state index contributed by atoms with van der Waals surface area (Å²) < 4.78 is 26.4. The maximum Gasteiger partial charge on any atom is 0.262 e. The van der Waals surface area contributed by atoms with Crippen molar-refractivity contribution in [1.29, 1.82) is 0 Å². The van der Waals surface area contributed by atoms with Crippen molar-refractivity contribution in [1.82, 2.24) is 15.5 Å². The van der Waals surface area contributed by atoms with Gasteiger partial charge in [0.05, 0.1) is 18.5 Å². The second-order valence-electron chi connectivity index (χ2n) is 8.45. The second-order valence-corrected chi connectivity index (χ2v) is 9.07. The first-order valence-electron chi connectivity index (χ1n) is 11.2. The number of hydrogen-bond acceptors (Lipinski definition) is 6. The average Bonchev–Trinajstić information content (AvgIpc) is 3.20. The van der Waals surface area contributed by atoms with Crippen LogP contribution in [-0.2, 0) is 4.79 Å². The van der Waals surface area contributed by atoms with Crippen molar-refractivity contribution in [3.05, 3.63) is 11.4 Å². The molecule has 0 aromatic carbocycles. The summed E-state index contributed by atoms with van der Waals surface area (Å²) in [7, 11) is 0. The number of amides is 1. The highest BCUT2D eigenvalue weighted by molar-refractivity contribution is 6.20. The highest BCUT2D eigenvalue weighted by Crippen LogP contribution is 2.27. The van der Waals surface area contributed by atoms with E-state index in [1.807, 2.05) is 11.1 Å². The Balaban J connectivity index is 2.23. The fourth-order valence-corrected chi connectivity index (χ4v) is 4.07. The minimum absolute atomic E-state index is 0.122. The molecule has 0 spiro atoms. The smallest absolute Gasteiger partial charge is 0.262 e. The quantitative estimate of drug-likeness (QED) is 0.358. The van der Waals surface area contributed by atoms with Gasteiger partial charge < -0.3 is 15.5 Å². The van der Waals surface area contributed by atoms with E-state index < -0.39 is 24.4 Å². The van der Waals surface area contributed by atoms with E-state index >= 15 is 0 Å². The molecule has 0 aliphatic carbocycles. The molecule has 2 aliphatic heterocycles. The van der Waals surface area contributed by atoms with Crippen LogP contribution in [0.25, 0.3) is 0 Å². The van der Waals surface area contributed by atoms with Crippen molar-refractivity contribution in [2.45, 2.75) is 63.8 Å². The number of carbonyl (C=O) groups excluding carboxylic acids is 1. The normalized spacial score (nSPS) is 22.7. The molecule has 2 unspecified atom stereocenters. The van der Waals surface area contributed by atoms with E-state index in [0.29, 0.717) is 32.6 Å². The molecule has 3 atom stereocenters. The van der Waals surface area contributed by atoms with Gasteiger partial charge in [-0.1, -0.05) is 13.3 Å². The Morgan fingerprint density at radius 2 is 2.28 bits per heavy atom. The molecule has 10 heteroatoms. The van der Waals surface area contributed by atoms with Crippen molar-refractivity contribution >= 4 is 36.3 Å². The van der Waals surface area contributed by atoms with Gasteiger partial charge in [-0.2, -0.15) is 0 Å². The lowest BCUT2D eigenvalue weighted by Gasteiger charge is -2.34. The van der Waals surface area contributed by atoms with E-state index in [0.717, 1.165) is 43.4 Å². The van der Waals surface area contributed by atoms with Gasteiger partial charge in [0.2, 0.25) is 5.91 Å². The number of unbranched alkanes of at least 4 members (excludes halogenated alkanes) is 1. The topological polar surface area (TPSA) is 81.5 Å². The van der Waals surface area contributed by atoms with Crippen LogP contribution in [-0.4, -0.2) is 79.6 Å². The van der Waals surface area contributed by atoms with Gasteiger partial charge in [0, 0.05) is 50.7 Å². The molecule has 0 saturated heterocycles. The molecule has 0 radical (unpaired) electrons. The second kappa shape index (κ2) is 12.3. The Morgan fingerprint density at radius 3 is 2.94 bits per heavy atom. The summed E-state index contributed by atoms with van der Waals surface area (Å²) in [6, 6.07) is -0.606. The largest absolute Gasteiger partial charge is 0.369 e. The molecule has 2 rings (SSSR count). The number of nitrogens with one attached hydrogen (secondary N) is 2. The van der Waals surface area contributed by atoms with Gasteiger partial charge >= 0.3 is 0 Å². The molecule has 2 N–H and O–H groups in total. The highest BCUT2D eigenvalue weighted by atomic mass is 35.5. The zero-order chi connectivity index (χ0) is 23.7. The van der Waals surface area contributed by atoms with Crippen LogP contribution in [0.5, 0.6) is 0 Å². The van der Waals surface area contributed by atoms with Crippen LogP contribution in [0.2, 0.25) is 0 Å². The van der Waals surface area contributed by atoms with Gasteiger partial charge in [-0.15, -0.1) is 11.6 Å². The Bertz CT molecular complexity index is 749. The molecule has 0 aromatic rings. The molecule has 7 nitrogen and oxygen atoms in total. The van der Waals surface area contributed by atoms with Crippen molar-refractivity contribution in [2.75, 3.05) is 32.7 Å². The van der Waals surface area contributed by atoms with Gasteiger partial charge in [0.1, 0.15) is 17.7 Å². The number of alkyl halides is 3. The summed E-state index contributed by atoms with van der Waals surface area (Å²) in [5, 5.41) is 5.59. The summed E-state index contributed by atoms with van der Waals surface area (Å²) >= 11 is 6.37. The van der Waals surface area contributed by atoms with E-state index in [2.05, 4.69) is 34.3 Å². The van der Waals surface area contributed by atoms with Crippen LogP contribution in [0.3, 0.4) is 0 Å². The predicted octanol–water partition coefficient (Wildman–Crippen LogP) is 3.25. The first kappa shape index (κ1) is 26.2. The summed E-state index contributed by atoms with van der Waals surface area (Å²) in [6.07, 6.45) is 5.01. The Hall–Kier alpha value is -2.03. The summed E-state index contributed by atoms with van der Waals surface area (Å²) in [5.74, 6) is -1.73. The van der Waals surface area contributed by atoms with Crippen LogP contribution in [0.1, 0.15) is 46.5 Å². The molecular formula is C22H35ClF2N6O. The van der Waals surface area contributed by atoms with Crippen LogP contribution >= 0.6 is 11.6 Å². The molecule has 0 aromatic heterocycles. The number of halogens is 3. The first-order chi connectivity index (χ1) is 15.2. The zero-order valence-corrected chi connectivity index (χ0v) is 20.0. The van der Waals surface area contributed by atoms with Crippen molar-refractivity contribution in [3.8, 4) is 0 Å². The van der Waals surface area contributed by atoms with Crippen LogP contribution in [0.4, 0.5) is 8.78 Å². The van der Waals surface area contributed by atoms with E-state index in [-0.39, 0.29) is 11.3 Å². The number of carbonyl (C=O) groups is 1. The maximum absolute atomic E-state index is 13.2. The average molecular weight is 473 g/mol. The molecule has 0 fully saturated rings.